The lowest BCUT2D eigenvalue weighted by Gasteiger charge is -2.10. The largest absolute Gasteiger partial charge is 0.494 e. The van der Waals surface area contributed by atoms with Gasteiger partial charge in [-0.25, -0.2) is 0 Å². The Morgan fingerprint density at radius 2 is 2.33 bits per heavy atom. The molecule has 1 N–H and O–H groups in total. The first-order valence-corrected chi connectivity index (χ1v) is 5.62. The van der Waals surface area contributed by atoms with Crippen molar-refractivity contribution in [2.75, 3.05) is 13.2 Å². The van der Waals surface area contributed by atoms with Crippen LogP contribution >= 0.6 is 15.9 Å². The molecule has 0 radical (unpaired) electrons. The zero-order valence-electron chi connectivity index (χ0n) is 8.72. The van der Waals surface area contributed by atoms with Gasteiger partial charge in [-0.1, -0.05) is 21.9 Å². The Labute approximate surface area is 99.2 Å². The lowest BCUT2D eigenvalue weighted by Crippen LogP contribution is -2.14. The maximum atomic E-state index is 5.51. The van der Waals surface area contributed by atoms with Crippen LogP contribution < -0.4 is 10.1 Å². The van der Waals surface area contributed by atoms with Crippen molar-refractivity contribution in [3.63, 3.8) is 0 Å². The third-order valence-electron chi connectivity index (χ3n) is 1.86. The zero-order valence-corrected chi connectivity index (χ0v) is 10.3. The monoisotopic (exact) mass is 267 g/mol. The number of nitrogens with one attached hydrogen (secondary N) is 1. The van der Waals surface area contributed by atoms with Crippen LogP contribution in [0.25, 0.3) is 0 Å². The number of hydrogen-bond donors (Lipinski definition) is 1. The Balaban J connectivity index is 2.73. The van der Waals surface area contributed by atoms with Gasteiger partial charge in [-0.05, 0) is 25.1 Å². The summed E-state index contributed by atoms with van der Waals surface area (Å²) in [4.78, 5) is 0. The van der Waals surface area contributed by atoms with Crippen molar-refractivity contribution < 1.29 is 4.74 Å². The summed E-state index contributed by atoms with van der Waals surface area (Å²) in [5.74, 6) is 3.45. The van der Waals surface area contributed by atoms with Gasteiger partial charge < -0.3 is 10.1 Å². The van der Waals surface area contributed by atoms with E-state index in [0.717, 1.165) is 22.3 Å². The van der Waals surface area contributed by atoms with E-state index in [4.69, 9.17) is 11.2 Å². The maximum absolute atomic E-state index is 5.51. The molecule has 3 heteroatoms. The van der Waals surface area contributed by atoms with Gasteiger partial charge in [-0.2, -0.15) is 0 Å². The minimum atomic E-state index is 0.568. The van der Waals surface area contributed by atoms with Crippen molar-refractivity contribution in [2.24, 2.45) is 0 Å². The second kappa shape index (κ2) is 6.49. The van der Waals surface area contributed by atoms with Gasteiger partial charge in [0.1, 0.15) is 5.75 Å². The molecule has 0 aliphatic heterocycles. The molecule has 15 heavy (non-hydrogen) atoms. The van der Waals surface area contributed by atoms with Crippen molar-refractivity contribution in [1.29, 1.82) is 0 Å². The highest BCUT2D eigenvalue weighted by molar-refractivity contribution is 9.10. The Hall–Kier alpha value is -0.980. The normalized spacial score (nSPS) is 9.67. The summed E-state index contributed by atoms with van der Waals surface area (Å²) in [6.07, 6.45) is 5.17. The molecule has 0 unspecified atom stereocenters. The standard InChI is InChI=1S/C12H14BrNO/c1-3-7-14-9-10-8-11(13)5-6-12(10)15-4-2/h1,5-6,8,14H,4,7,9H2,2H3. The Morgan fingerprint density at radius 1 is 1.53 bits per heavy atom. The smallest absolute Gasteiger partial charge is 0.123 e. The molecule has 0 aliphatic rings. The lowest BCUT2D eigenvalue weighted by molar-refractivity contribution is 0.335. The second-order valence-corrected chi connectivity index (χ2v) is 3.91. The molecule has 80 valence electrons. The van der Waals surface area contributed by atoms with Crippen LogP contribution in [0.5, 0.6) is 5.75 Å². The molecule has 1 aromatic rings. The second-order valence-electron chi connectivity index (χ2n) is 2.99. The predicted octanol–water partition coefficient (Wildman–Crippen LogP) is 2.57. The van der Waals surface area contributed by atoms with Crippen molar-refractivity contribution in [1.82, 2.24) is 5.32 Å². The highest BCUT2D eigenvalue weighted by Gasteiger charge is 2.03. The van der Waals surface area contributed by atoms with Crippen molar-refractivity contribution in [3.8, 4) is 18.1 Å². The van der Waals surface area contributed by atoms with E-state index in [2.05, 4.69) is 27.2 Å². The molecule has 0 aromatic heterocycles. The third kappa shape index (κ3) is 3.94. The molecule has 1 rings (SSSR count). The SMILES string of the molecule is C#CCNCc1cc(Br)ccc1OCC. The average Bonchev–Trinajstić information content (AvgIpc) is 2.22. The van der Waals surface area contributed by atoms with E-state index in [0.29, 0.717) is 13.2 Å². The van der Waals surface area contributed by atoms with Crippen molar-refractivity contribution in [3.05, 3.63) is 28.2 Å². The number of hydrogen-bond acceptors (Lipinski definition) is 2. The number of benzene rings is 1. The number of terminal acetylenes is 1. The van der Waals surface area contributed by atoms with Crippen LogP contribution in [0.1, 0.15) is 12.5 Å². The molecule has 0 spiro atoms. The van der Waals surface area contributed by atoms with Crippen LogP contribution in [0.15, 0.2) is 22.7 Å². The number of rotatable bonds is 5. The molecule has 1 aromatic carbocycles. The lowest BCUT2D eigenvalue weighted by atomic mass is 10.2. The quantitative estimate of drug-likeness (QED) is 0.654. The van der Waals surface area contributed by atoms with Gasteiger partial charge >= 0.3 is 0 Å². The molecular weight excluding hydrogens is 254 g/mol. The van der Waals surface area contributed by atoms with Crippen molar-refractivity contribution >= 4 is 15.9 Å². The van der Waals surface area contributed by atoms with Gasteiger partial charge in [0.05, 0.1) is 13.2 Å². The first-order chi connectivity index (χ1) is 7.27. The molecule has 0 heterocycles. The van der Waals surface area contributed by atoms with Crippen LogP contribution in [0.3, 0.4) is 0 Å². The first kappa shape index (κ1) is 12.1. The predicted molar refractivity (Wildman–Crippen MR) is 65.9 cm³/mol. The van der Waals surface area contributed by atoms with Crippen LogP contribution in [-0.4, -0.2) is 13.2 Å². The van der Waals surface area contributed by atoms with Crippen LogP contribution in [0.4, 0.5) is 0 Å². The topological polar surface area (TPSA) is 21.3 Å². The number of ether oxygens (including phenoxy) is 1. The number of halogens is 1. The fraction of sp³-hybridized carbons (Fsp3) is 0.333. The molecule has 0 aliphatic carbocycles. The van der Waals surface area contributed by atoms with Gasteiger partial charge in [0.2, 0.25) is 0 Å². The average molecular weight is 268 g/mol. The first-order valence-electron chi connectivity index (χ1n) is 4.83. The summed E-state index contributed by atoms with van der Waals surface area (Å²) in [5.41, 5.74) is 1.11. The molecule has 0 amide bonds. The summed E-state index contributed by atoms with van der Waals surface area (Å²) in [5, 5.41) is 3.14. The zero-order chi connectivity index (χ0) is 11.1. The summed E-state index contributed by atoms with van der Waals surface area (Å²) in [6.45, 7) is 3.93. The fourth-order valence-corrected chi connectivity index (χ4v) is 1.66. The molecule has 0 fully saturated rings. The van der Waals surface area contributed by atoms with Crippen LogP contribution in [-0.2, 0) is 6.54 Å². The highest BCUT2D eigenvalue weighted by atomic mass is 79.9. The van der Waals surface area contributed by atoms with Crippen molar-refractivity contribution in [2.45, 2.75) is 13.5 Å². The van der Waals surface area contributed by atoms with E-state index < -0.39 is 0 Å². The van der Waals surface area contributed by atoms with Gasteiger partial charge in [-0.3, -0.25) is 0 Å². The Bertz CT molecular complexity index is 357. The van der Waals surface area contributed by atoms with E-state index in [-0.39, 0.29) is 0 Å². The molecule has 0 bridgehead atoms. The summed E-state index contributed by atoms with van der Waals surface area (Å²) in [6, 6.07) is 5.96. The van der Waals surface area contributed by atoms with Gasteiger partial charge in [0, 0.05) is 16.6 Å². The van der Waals surface area contributed by atoms with E-state index in [1.165, 1.54) is 0 Å². The third-order valence-corrected chi connectivity index (χ3v) is 2.36. The molecule has 0 atom stereocenters. The Morgan fingerprint density at radius 3 is 3.00 bits per heavy atom. The van der Waals surface area contributed by atoms with E-state index >= 15 is 0 Å². The van der Waals surface area contributed by atoms with E-state index in [9.17, 15) is 0 Å². The van der Waals surface area contributed by atoms with Gasteiger partial charge in [-0.15, -0.1) is 6.42 Å². The summed E-state index contributed by atoms with van der Waals surface area (Å²) >= 11 is 3.43. The summed E-state index contributed by atoms with van der Waals surface area (Å²) < 4.78 is 6.56. The maximum Gasteiger partial charge on any atom is 0.123 e. The van der Waals surface area contributed by atoms with E-state index in [1.54, 1.807) is 0 Å². The summed E-state index contributed by atoms with van der Waals surface area (Å²) in [7, 11) is 0. The Kier molecular flexibility index (Phi) is 5.23. The molecule has 0 saturated carbocycles. The minimum Gasteiger partial charge on any atom is -0.494 e. The molecular formula is C12H14BrNO. The fourth-order valence-electron chi connectivity index (χ4n) is 1.25. The highest BCUT2D eigenvalue weighted by Crippen LogP contribution is 2.23. The van der Waals surface area contributed by atoms with Gasteiger partial charge in [0.15, 0.2) is 0 Å². The van der Waals surface area contributed by atoms with E-state index in [1.807, 2.05) is 25.1 Å². The van der Waals surface area contributed by atoms with Crippen LogP contribution in [0, 0.1) is 12.3 Å². The minimum absolute atomic E-state index is 0.568. The van der Waals surface area contributed by atoms with Crippen LogP contribution in [0.2, 0.25) is 0 Å². The molecule has 0 saturated heterocycles. The molecule has 2 nitrogen and oxygen atoms in total. The van der Waals surface area contributed by atoms with Gasteiger partial charge in [0.25, 0.3) is 0 Å².